The van der Waals surface area contributed by atoms with Gasteiger partial charge in [0, 0.05) is 6.54 Å². The molecule has 2 aromatic carbocycles. The fraction of sp³-hybridized carbons (Fsp3) is 0.263. The molecule has 0 spiro atoms. The predicted octanol–water partition coefficient (Wildman–Crippen LogP) is 2.80. The number of esters is 1. The number of benzene rings is 2. The van der Waals surface area contributed by atoms with Crippen LogP contribution >= 0.6 is 0 Å². The largest absolute Gasteiger partial charge is 0.497 e. The number of rotatable bonds is 5. The van der Waals surface area contributed by atoms with Crippen LogP contribution in [-0.2, 0) is 9.59 Å². The molecule has 6 nitrogen and oxygen atoms in total. The second kappa shape index (κ2) is 7.25. The summed E-state index contributed by atoms with van der Waals surface area (Å²) in [6.45, 7) is 1.93. The van der Waals surface area contributed by atoms with Gasteiger partial charge in [-0.1, -0.05) is 12.1 Å². The molecule has 25 heavy (non-hydrogen) atoms. The molecule has 130 valence electrons. The molecule has 0 aromatic heterocycles. The third kappa shape index (κ3) is 3.74. The van der Waals surface area contributed by atoms with Crippen LogP contribution in [0.25, 0.3) is 0 Å². The van der Waals surface area contributed by atoms with Crippen molar-refractivity contribution in [3.8, 4) is 17.2 Å². The Morgan fingerprint density at radius 3 is 2.52 bits per heavy atom. The summed E-state index contributed by atoms with van der Waals surface area (Å²) in [5.74, 6) is 1.18. The summed E-state index contributed by atoms with van der Waals surface area (Å²) in [5, 5.41) is 0. The second-order valence-electron chi connectivity index (χ2n) is 5.62. The molecular weight excluding hydrogens is 322 g/mol. The highest BCUT2D eigenvalue weighted by molar-refractivity contribution is 6.00. The smallest absolute Gasteiger partial charge is 0.312 e. The number of ether oxygens (including phenoxy) is 3. The lowest BCUT2D eigenvalue weighted by molar-refractivity contribution is -0.134. The van der Waals surface area contributed by atoms with E-state index in [1.807, 2.05) is 12.1 Å². The van der Waals surface area contributed by atoms with Crippen molar-refractivity contribution in [1.29, 1.82) is 0 Å². The van der Waals surface area contributed by atoms with Crippen LogP contribution in [0.15, 0.2) is 48.5 Å². The Hall–Kier alpha value is -3.02. The van der Waals surface area contributed by atoms with Gasteiger partial charge in [0.2, 0.25) is 0 Å². The van der Waals surface area contributed by atoms with Crippen LogP contribution in [0.4, 0.5) is 5.69 Å². The zero-order chi connectivity index (χ0) is 17.8. The first-order valence-electron chi connectivity index (χ1n) is 8.00. The van der Waals surface area contributed by atoms with Gasteiger partial charge in [0.1, 0.15) is 17.2 Å². The molecule has 0 saturated carbocycles. The molecule has 3 rings (SSSR count). The first kappa shape index (κ1) is 16.8. The van der Waals surface area contributed by atoms with Crippen molar-refractivity contribution < 1.29 is 23.8 Å². The third-order valence-corrected chi connectivity index (χ3v) is 3.90. The van der Waals surface area contributed by atoms with Crippen molar-refractivity contribution >= 4 is 17.6 Å². The van der Waals surface area contributed by atoms with Gasteiger partial charge in [0.25, 0.3) is 5.91 Å². The fourth-order valence-electron chi connectivity index (χ4n) is 2.62. The van der Waals surface area contributed by atoms with E-state index in [4.69, 9.17) is 14.2 Å². The van der Waals surface area contributed by atoms with Gasteiger partial charge in [0.05, 0.1) is 19.2 Å². The van der Waals surface area contributed by atoms with E-state index in [1.165, 1.54) is 0 Å². The number of hydrogen-bond acceptors (Lipinski definition) is 5. The van der Waals surface area contributed by atoms with Crippen LogP contribution < -0.4 is 19.1 Å². The van der Waals surface area contributed by atoms with Gasteiger partial charge in [-0.2, -0.15) is 0 Å². The van der Waals surface area contributed by atoms with Gasteiger partial charge in [-0.05, 0) is 43.3 Å². The van der Waals surface area contributed by atoms with Crippen LogP contribution in [0, 0.1) is 0 Å². The highest BCUT2D eigenvalue weighted by atomic mass is 16.5. The van der Waals surface area contributed by atoms with Crippen molar-refractivity contribution in [3.05, 3.63) is 48.5 Å². The Labute approximate surface area is 145 Å². The molecule has 1 amide bonds. The molecule has 0 N–H and O–H groups in total. The number of nitrogens with zero attached hydrogens (tertiary/aromatic N) is 1. The second-order valence-corrected chi connectivity index (χ2v) is 5.62. The Morgan fingerprint density at radius 2 is 1.80 bits per heavy atom. The summed E-state index contributed by atoms with van der Waals surface area (Å²) in [7, 11) is 1.57. The third-order valence-electron chi connectivity index (χ3n) is 3.90. The summed E-state index contributed by atoms with van der Waals surface area (Å²) < 4.78 is 15.9. The average molecular weight is 341 g/mol. The molecule has 0 fully saturated rings. The van der Waals surface area contributed by atoms with Gasteiger partial charge in [-0.25, -0.2) is 0 Å². The first-order valence-corrected chi connectivity index (χ1v) is 8.00. The molecule has 1 aliphatic heterocycles. The van der Waals surface area contributed by atoms with E-state index in [-0.39, 0.29) is 18.9 Å². The number of carbonyl (C=O) groups is 2. The monoisotopic (exact) mass is 341 g/mol. The van der Waals surface area contributed by atoms with Gasteiger partial charge < -0.3 is 19.1 Å². The Kier molecular flexibility index (Phi) is 4.88. The number of para-hydroxylation sites is 2. The lowest BCUT2D eigenvalue weighted by atomic mass is 10.2. The molecule has 0 bridgehead atoms. The number of hydrogen-bond donors (Lipinski definition) is 0. The number of methoxy groups -OCH3 is 1. The number of anilines is 1. The minimum absolute atomic E-state index is 0.0822. The van der Waals surface area contributed by atoms with Crippen molar-refractivity contribution in [2.45, 2.75) is 19.4 Å². The molecule has 0 saturated heterocycles. The molecule has 0 aliphatic carbocycles. The maximum Gasteiger partial charge on any atom is 0.312 e. The van der Waals surface area contributed by atoms with E-state index in [9.17, 15) is 9.59 Å². The van der Waals surface area contributed by atoms with E-state index >= 15 is 0 Å². The Morgan fingerprint density at radius 1 is 1.12 bits per heavy atom. The van der Waals surface area contributed by atoms with Crippen LogP contribution in [0.5, 0.6) is 17.2 Å². The maximum atomic E-state index is 12.4. The normalized spacial score (nSPS) is 16.0. The summed E-state index contributed by atoms with van der Waals surface area (Å²) in [5.41, 5.74) is 0.669. The van der Waals surface area contributed by atoms with Gasteiger partial charge in [-0.15, -0.1) is 0 Å². The summed E-state index contributed by atoms with van der Waals surface area (Å²) >= 11 is 0. The number of fused-ring (bicyclic) bond motifs is 1. The summed E-state index contributed by atoms with van der Waals surface area (Å²) in [6, 6.07) is 14.0. The SMILES string of the molecule is COc1ccc(OC(=O)CCN2C(=O)C(C)Oc3ccccc32)cc1. The molecule has 6 heteroatoms. The van der Waals surface area contributed by atoms with E-state index < -0.39 is 12.1 Å². The van der Waals surface area contributed by atoms with Crippen LogP contribution in [0.2, 0.25) is 0 Å². The van der Waals surface area contributed by atoms with Crippen LogP contribution in [-0.4, -0.2) is 31.6 Å². The van der Waals surface area contributed by atoms with E-state index in [2.05, 4.69) is 0 Å². The number of carbonyl (C=O) groups excluding carboxylic acids is 2. The van der Waals surface area contributed by atoms with Gasteiger partial charge in [0.15, 0.2) is 6.10 Å². The van der Waals surface area contributed by atoms with Crippen LogP contribution in [0.1, 0.15) is 13.3 Å². The van der Waals surface area contributed by atoms with E-state index in [1.54, 1.807) is 55.3 Å². The Balaban J connectivity index is 1.64. The fourth-order valence-corrected chi connectivity index (χ4v) is 2.62. The van der Waals surface area contributed by atoms with Crippen molar-refractivity contribution in [3.63, 3.8) is 0 Å². The quantitative estimate of drug-likeness (QED) is 0.618. The molecule has 2 aromatic rings. The van der Waals surface area contributed by atoms with E-state index in [0.29, 0.717) is 22.9 Å². The molecule has 0 radical (unpaired) electrons. The molecule has 1 unspecified atom stereocenters. The lowest BCUT2D eigenvalue weighted by Crippen LogP contribution is -2.45. The maximum absolute atomic E-state index is 12.4. The minimum atomic E-state index is -0.576. The topological polar surface area (TPSA) is 65.1 Å². The van der Waals surface area contributed by atoms with Gasteiger partial charge in [-0.3, -0.25) is 9.59 Å². The molecule has 1 aliphatic rings. The zero-order valence-electron chi connectivity index (χ0n) is 14.1. The van der Waals surface area contributed by atoms with Crippen molar-refractivity contribution in [2.24, 2.45) is 0 Å². The highest BCUT2D eigenvalue weighted by Gasteiger charge is 2.31. The highest BCUT2D eigenvalue weighted by Crippen LogP contribution is 2.33. The standard InChI is InChI=1S/C19H19NO5/c1-13-19(22)20(16-5-3-4-6-17(16)24-13)12-11-18(21)25-15-9-7-14(23-2)8-10-15/h3-10,13H,11-12H2,1-2H3. The molecular formula is C19H19NO5. The molecule has 1 heterocycles. The lowest BCUT2D eigenvalue weighted by Gasteiger charge is -2.32. The zero-order valence-corrected chi connectivity index (χ0v) is 14.1. The Bertz CT molecular complexity index is 772. The van der Waals surface area contributed by atoms with Crippen molar-refractivity contribution in [2.75, 3.05) is 18.6 Å². The van der Waals surface area contributed by atoms with E-state index in [0.717, 1.165) is 0 Å². The van der Waals surface area contributed by atoms with Gasteiger partial charge >= 0.3 is 5.97 Å². The van der Waals surface area contributed by atoms with Crippen molar-refractivity contribution in [1.82, 2.24) is 0 Å². The molecule has 1 atom stereocenters. The minimum Gasteiger partial charge on any atom is -0.497 e. The summed E-state index contributed by atoms with van der Waals surface area (Å²) in [4.78, 5) is 26.0. The first-order chi connectivity index (χ1) is 12.1. The number of amides is 1. The predicted molar refractivity (Wildman–Crippen MR) is 92.1 cm³/mol. The average Bonchev–Trinajstić information content (AvgIpc) is 2.63. The van der Waals surface area contributed by atoms with Crippen LogP contribution in [0.3, 0.4) is 0 Å². The summed E-state index contributed by atoms with van der Waals surface area (Å²) in [6.07, 6.45) is -0.494.